The van der Waals surface area contributed by atoms with E-state index in [0.717, 1.165) is 39.1 Å². The Morgan fingerprint density at radius 2 is 1.80 bits per heavy atom. The molecule has 3 N–H and O–H groups in total. The predicted octanol–water partition coefficient (Wildman–Crippen LogP) is 1.66. The Kier molecular flexibility index (Phi) is 6.70. The largest absolute Gasteiger partial charge is 0.370 e. The zero-order valence-corrected chi connectivity index (χ0v) is 15.3. The Morgan fingerprint density at radius 1 is 1.12 bits per heavy atom. The number of benzene rings is 1. The number of rotatable bonds is 5. The molecule has 2 amide bonds. The summed E-state index contributed by atoms with van der Waals surface area (Å²) in [4.78, 5) is 14.0. The molecule has 5 heteroatoms. The van der Waals surface area contributed by atoms with E-state index in [1.807, 2.05) is 6.07 Å². The molecule has 0 aromatic heterocycles. The molecule has 1 saturated heterocycles. The fraction of sp³-hybridized carbons (Fsp3) is 0.650. The summed E-state index contributed by atoms with van der Waals surface area (Å²) in [5, 5.41) is 6.39. The summed E-state index contributed by atoms with van der Waals surface area (Å²) < 4.78 is 5.53. The number of hydrogen-bond acceptors (Lipinski definition) is 2. The zero-order valence-electron chi connectivity index (χ0n) is 15.3. The highest BCUT2D eigenvalue weighted by Gasteiger charge is 2.32. The molecule has 2 aliphatic rings. The highest BCUT2D eigenvalue weighted by Crippen LogP contribution is 2.18. The molecule has 1 aliphatic heterocycles. The van der Waals surface area contributed by atoms with Crippen LogP contribution in [0.15, 0.2) is 30.3 Å². The topological polar surface area (TPSA) is 54.8 Å². The van der Waals surface area contributed by atoms with Crippen LogP contribution in [0.1, 0.15) is 50.6 Å². The SMILES string of the molecule is C[C@H](NC(=O)NC1CCCCC1)[C@H](c1ccccc1)[NH+]1CCOCC1. The lowest BCUT2D eigenvalue weighted by atomic mass is 9.95. The lowest BCUT2D eigenvalue weighted by molar-refractivity contribution is -0.940. The molecule has 1 saturated carbocycles. The number of amides is 2. The van der Waals surface area contributed by atoms with E-state index in [4.69, 9.17) is 4.74 Å². The molecule has 2 fully saturated rings. The summed E-state index contributed by atoms with van der Waals surface area (Å²) in [5.41, 5.74) is 1.28. The first-order valence-electron chi connectivity index (χ1n) is 9.78. The van der Waals surface area contributed by atoms with Crippen LogP contribution in [0.25, 0.3) is 0 Å². The van der Waals surface area contributed by atoms with Gasteiger partial charge in [0.15, 0.2) is 0 Å². The van der Waals surface area contributed by atoms with Crippen LogP contribution >= 0.6 is 0 Å². The van der Waals surface area contributed by atoms with Crippen molar-refractivity contribution in [2.45, 2.75) is 57.2 Å². The van der Waals surface area contributed by atoms with E-state index in [2.05, 4.69) is 41.8 Å². The molecule has 1 aliphatic carbocycles. The minimum absolute atomic E-state index is 0.0204. The fourth-order valence-corrected chi connectivity index (χ4v) is 4.25. The van der Waals surface area contributed by atoms with Crippen molar-refractivity contribution in [3.8, 4) is 0 Å². The second kappa shape index (κ2) is 9.20. The van der Waals surface area contributed by atoms with Gasteiger partial charge in [0.2, 0.25) is 0 Å². The van der Waals surface area contributed by atoms with E-state index in [1.54, 1.807) is 0 Å². The molecular weight excluding hydrogens is 314 g/mol. The van der Waals surface area contributed by atoms with Crippen LogP contribution in [-0.4, -0.2) is 44.4 Å². The molecule has 0 bridgehead atoms. The quantitative estimate of drug-likeness (QED) is 0.760. The van der Waals surface area contributed by atoms with Gasteiger partial charge in [-0.25, -0.2) is 4.79 Å². The van der Waals surface area contributed by atoms with Gasteiger partial charge >= 0.3 is 6.03 Å². The summed E-state index contributed by atoms with van der Waals surface area (Å²) >= 11 is 0. The van der Waals surface area contributed by atoms with E-state index < -0.39 is 0 Å². The minimum atomic E-state index is -0.0204. The minimum Gasteiger partial charge on any atom is -0.370 e. The molecule has 0 spiro atoms. The maximum absolute atomic E-state index is 12.5. The van der Waals surface area contributed by atoms with Crippen molar-refractivity contribution in [2.24, 2.45) is 0 Å². The van der Waals surface area contributed by atoms with Crippen molar-refractivity contribution in [1.82, 2.24) is 10.6 Å². The smallest absolute Gasteiger partial charge is 0.315 e. The Balaban J connectivity index is 1.63. The molecule has 25 heavy (non-hydrogen) atoms. The van der Waals surface area contributed by atoms with Crippen LogP contribution in [0.5, 0.6) is 0 Å². The average molecular weight is 346 g/mol. The van der Waals surface area contributed by atoms with E-state index in [9.17, 15) is 4.79 Å². The van der Waals surface area contributed by atoms with Gasteiger partial charge in [-0.2, -0.15) is 0 Å². The van der Waals surface area contributed by atoms with Crippen LogP contribution in [0.2, 0.25) is 0 Å². The Labute approximate surface area is 151 Å². The summed E-state index contributed by atoms with van der Waals surface area (Å²) in [6.45, 7) is 5.67. The van der Waals surface area contributed by atoms with Gasteiger partial charge in [0.05, 0.1) is 19.3 Å². The molecular formula is C20H32N3O2+. The van der Waals surface area contributed by atoms with Gasteiger partial charge in [-0.15, -0.1) is 0 Å². The van der Waals surface area contributed by atoms with E-state index in [0.29, 0.717) is 6.04 Å². The van der Waals surface area contributed by atoms with Gasteiger partial charge in [0.25, 0.3) is 0 Å². The van der Waals surface area contributed by atoms with Gasteiger partial charge < -0.3 is 20.3 Å². The van der Waals surface area contributed by atoms with Gasteiger partial charge in [-0.05, 0) is 19.8 Å². The number of hydrogen-bond donors (Lipinski definition) is 3. The summed E-state index contributed by atoms with van der Waals surface area (Å²) in [6, 6.07) is 11.2. The number of morpholine rings is 1. The van der Waals surface area contributed by atoms with Gasteiger partial charge in [-0.3, -0.25) is 0 Å². The van der Waals surface area contributed by atoms with E-state index >= 15 is 0 Å². The van der Waals surface area contributed by atoms with Crippen molar-refractivity contribution < 1.29 is 14.4 Å². The van der Waals surface area contributed by atoms with Crippen LogP contribution in [0.4, 0.5) is 4.79 Å². The second-order valence-corrected chi connectivity index (χ2v) is 7.40. The van der Waals surface area contributed by atoms with Crippen molar-refractivity contribution in [2.75, 3.05) is 26.3 Å². The van der Waals surface area contributed by atoms with Crippen molar-refractivity contribution in [3.63, 3.8) is 0 Å². The Hall–Kier alpha value is -1.59. The van der Waals surface area contributed by atoms with Crippen LogP contribution in [-0.2, 0) is 4.74 Å². The molecule has 1 aromatic carbocycles. The first kappa shape index (κ1) is 18.2. The average Bonchev–Trinajstić information content (AvgIpc) is 2.64. The highest BCUT2D eigenvalue weighted by molar-refractivity contribution is 5.74. The predicted molar refractivity (Wildman–Crippen MR) is 98.7 cm³/mol. The second-order valence-electron chi connectivity index (χ2n) is 7.40. The number of carbonyl (C=O) groups excluding carboxylic acids is 1. The van der Waals surface area contributed by atoms with Crippen molar-refractivity contribution in [3.05, 3.63) is 35.9 Å². The monoisotopic (exact) mass is 346 g/mol. The highest BCUT2D eigenvalue weighted by atomic mass is 16.5. The number of urea groups is 1. The number of quaternary nitrogens is 1. The first-order valence-corrected chi connectivity index (χ1v) is 9.78. The molecule has 1 heterocycles. The lowest BCUT2D eigenvalue weighted by Crippen LogP contribution is -3.15. The Morgan fingerprint density at radius 3 is 2.48 bits per heavy atom. The van der Waals surface area contributed by atoms with Crippen LogP contribution in [0.3, 0.4) is 0 Å². The van der Waals surface area contributed by atoms with E-state index in [-0.39, 0.29) is 18.1 Å². The van der Waals surface area contributed by atoms with Crippen molar-refractivity contribution in [1.29, 1.82) is 0 Å². The maximum atomic E-state index is 12.5. The van der Waals surface area contributed by atoms with E-state index in [1.165, 1.54) is 29.7 Å². The summed E-state index contributed by atoms with van der Waals surface area (Å²) in [5.74, 6) is 0. The fourth-order valence-electron chi connectivity index (χ4n) is 4.25. The molecule has 0 unspecified atom stereocenters. The molecule has 138 valence electrons. The van der Waals surface area contributed by atoms with Crippen molar-refractivity contribution >= 4 is 6.03 Å². The summed E-state index contributed by atoms with van der Waals surface area (Å²) in [7, 11) is 0. The Bertz CT molecular complexity index is 525. The summed E-state index contributed by atoms with van der Waals surface area (Å²) in [6.07, 6.45) is 5.97. The van der Waals surface area contributed by atoms with Gasteiger partial charge in [0, 0.05) is 11.6 Å². The van der Waals surface area contributed by atoms with Gasteiger partial charge in [0.1, 0.15) is 19.1 Å². The molecule has 5 nitrogen and oxygen atoms in total. The number of carbonyl (C=O) groups is 1. The number of ether oxygens (including phenoxy) is 1. The third-order valence-corrected chi connectivity index (χ3v) is 5.53. The molecule has 2 atom stereocenters. The van der Waals surface area contributed by atoms with Crippen LogP contribution < -0.4 is 15.5 Å². The van der Waals surface area contributed by atoms with Crippen LogP contribution in [0, 0.1) is 0 Å². The lowest BCUT2D eigenvalue weighted by Gasteiger charge is -2.35. The molecule has 1 aromatic rings. The molecule has 0 radical (unpaired) electrons. The third kappa shape index (κ3) is 5.19. The van der Waals surface area contributed by atoms with Gasteiger partial charge in [-0.1, -0.05) is 49.6 Å². The standard InChI is InChI=1S/C20H31N3O2/c1-16(21-20(24)22-18-10-6-3-7-11-18)19(17-8-4-2-5-9-17)23-12-14-25-15-13-23/h2,4-5,8-9,16,18-19H,3,6-7,10-15H2,1H3,(H2,21,22,24)/p+1/t16-,19+/m0/s1. The third-order valence-electron chi connectivity index (χ3n) is 5.53. The maximum Gasteiger partial charge on any atom is 0.315 e. The molecule has 3 rings (SSSR count). The normalized spacial score (nSPS) is 22.1. The number of nitrogens with one attached hydrogen (secondary N) is 3. The zero-order chi connectivity index (χ0) is 17.5. The first-order chi connectivity index (χ1) is 12.2.